The van der Waals surface area contributed by atoms with Crippen molar-refractivity contribution in [1.82, 2.24) is 19.1 Å². The van der Waals surface area contributed by atoms with Crippen LogP contribution in [0.4, 0.5) is 0 Å². The Morgan fingerprint density at radius 3 is 1.96 bits per heavy atom. The van der Waals surface area contributed by atoms with Crippen molar-refractivity contribution in [2.75, 3.05) is 0 Å². The van der Waals surface area contributed by atoms with Gasteiger partial charge in [-0.1, -0.05) is 202 Å². The molecule has 356 valence electrons. The molecule has 0 unspecified atom stereocenters. The standard InChI is InChI=1S/C66H61N5O/c1-64(2,3)42-44-33-34-67-61(35-44)71-57-28-17-16-25-54(57)55-32-31-50(40-60(55)71)72-51-39-56(46-23-14-11-15-24-46)68-62(41-51)69-43-70(59-30-19-18-29-58(59)69)63-52(45-21-12-10-13-22-45)26-20-27-53(63)47-36-48(65(4,5)6)38-49(37-47)66(7,8)9/h10-41H,42H2,1-9H3/i10D,12D,13D,21D,22D,42D2. The highest BCUT2D eigenvalue weighted by atomic mass is 16.5. The first-order valence-corrected chi connectivity index (χ1v) is 24.5. The maximum atomic E-state index is 9.30. The van der Waals surface area contributed by atoms with Crippen LogP contribution in [0.2, 0.25) is 0 Å². The minimum absolute atomic E-state index is 0.0776. The van der Waals surface area contributed by atoms with E-state index in [2.05, 4.69) is 76.7 Å². The zero-order valence-electron chi connectivity index (χ0n) is 49.2. The van der Waals surface area contributed by atoms with Crippen molar-refractivity contribution in [3.05, 3.63) is 217 Å². The second kappa shape index (κ2) is 17.9. The number of pyridine rings is 2. The van der Waals surface area contributed by atoms with Gasteiger partial charge in [0, 0.05) is 37.9 Å². The Morgan fingerprint density at radius 1 is 0.569 bits per heavy atom. The third kappa shape index (κ3) is 8.98. The zero-order chi connectivity index (χ0) is 56.1. The Balaban J connectivity index is 1.13. The Labute approximate surface area is 433 Å². The van der Waals surface area contributed by atoms with Crippen molar-refractivity contribution in [2.24, 2.45) is 5.41 Å². The zero-order valence-corrected chi connectivity index (χ0v) is 42.2. The third-order valence-electron chi connectivity index (χ3n) is 13.0. The topological polar surface area (TPSA) is 48.8 Å². The molecule has 0 radical (unpaired) electrons. The van der Waals surface area contributed by atoms with E-state index in [9.17, 15) is 2.74 Å². The predicted molar refractivity (Wildman–Crippen MR) is 297 cm³/mol. The number of hydrogen-bond donors (Lipinski definition) is 0. The van der Waals surface area contributed by atoms with Crippen LogP contribution in [0, 0.1) is 11.7 Å². The predicted octanol–water partition coefficient (Wildman–Crippen LogP) is 16.6. The van der Waals surface area contributed by atoms with Gasteiger partial charge in [0.1, 0.15) is 17.3 Å². The summed E-state index contributed by atoms with van der Waals surface area (Å²) in [7, 11) is 0. The monoisotopic (exact) mass is 947 g/mol. The number of imidazole rings is 1. The fraction of sp³-hybridized carbons (Fsp3) is 0.197. The molecule has 0 spiro atoms. The van der Waals surface area contributed by atoms with Crippen molar-refractivity contribution in [2.45, 2.75) is 79.5 Å². The molecule has 0 N–H and O–H groups in total. The van der Waals surface area contributed by atoms with Gasteiger partial charge >= 0.3 is 0 Å². The molecule has 0 bridgehead atoms. The summed E-state index contributed by atoms with van der Waals surface area (Å²) in [5.74, 6) is 2.12. The van der Waals surface area contributed by atoms with Crippen LogP contribution in [0.25, 0.3) is 83.7 Å². The maximum Gasteiger partial charge on any atom is 0.271 e. The molecule has 0 fully saturated rings. The van der Waals surface area contributed by atoms with Gasteiger partial charge in [-0.05, 0) is 97.5 Å². The van der Waals surface area contributed by atoms with Gasteiger partial charge in [-0.25, -0.2) is 9.97 Å². The molecule has 0 aliphatic carbocycles. The van der Waals surface area contributed by atoms with Crippen LogP contribution in [0.3, 0.4) is 0 Å². The largest absolute Gasteiger partial charge is 0.458 e. The maximum absolute atomic E-state index is 9.30. The molecule has 11 aromatic rings. The molecule has 0 saturated heterocycles. The van der Waals surface area contributed by atoms with E-state index in [1.165, 1.54) is 0 Å². The summed E-state index contributed by atoms with van der Waals surface area (Å²) in [6.07, 6.45) is 3.73. The number of rotatable bonds is 9. The average Bonchev–Trinajstić information content (AvgIpc) is 4.24. The highest BCUT2D eigenvalue weighted by molar-refractivity contribution is 6.09. The lowest BCUT2D eigenvalue weighted by atomic mass is 9.78. The van der Waals surface area contributed by atoms with E-state index in [1.807, 2.05) is 157 Å². The summed E-state index contributed by atoms with van der Waals surface area (Å²) < 4.78 is 75.8. The minimum Gasteiger partial charge on any atom is -0.458 e. The Bertz CT molecular complexity index is 4160. The molecule has 6 heteroatoms. The van der Waals surface area contributed by atoms with Gasteiger partial charge in [0.05, 0.1) is 40.3 Å². The normalized spacial score (nSPS) is 13.9. The summed E-state index contributed by atoms with van der Waals surface area (Å²) in [5, 5.41) is 2.00. The van der Waals surface area contributed by atoms with Crippen molar-refractivity contribution >= 4 is 32.8 Å². The molecule has 6 nitrogen and oxygen atoms in total. The number of hydrogen-bond acceptors (Lipinski definition) is 3. The number of ether oxygens (including phenoxy) is 1. The smallest absolute Gasteiger partial charge is 0.271 e. The van der Waals surface area contributed by atoms with E-state index in [0.717, 1.165) is 60.7 Å². The van der Waals surface area contributed by atoms with E-state index in [4.69, 9.17) is 21.6 Å². The number of fused-ring (bicyclic) bond motifs is 4. The number of aromatic nitrogens is 5. The number of benzene rings is 7. The first-order chi connectivity index (χ1) is 37.4. The molecule has 72 heavy (non-hydrogen) atoms. The highest BCUT2D eigenvalue weighted by Gasteiger charge is 2.25. The summed E-state index contributed by atoms with van der Waals surface area (Å²) in [4.78, 5) is 10.1. The minimum atomic E-state index is -1.64. The first-order valence-electron chi connectivity index (χ1n) is 28.0. The van der Waals surface area contributed by atoms with E-state index in [-0.39, 0.29) is 28.5 Å². The molecular weight excluding hydrogens is 879 g/mol. The molecule has 0 aliphatic heterocycles. The molecular formula is C66H61N5O. The van der Waals surface area contributed by atoms with Crippen LogP contribution in [0.5, 0.6) is 11.5 Å². The van der Waals surface area contributed by atoms with Crippen LogP contribution in [-0.2, 0) is 17.2 Å². The number of nitrogens with zero attached hydrogens (tertiary/aromatic N) is 5. The second-order valence-corrected chi connectivity index (χ2v) is 21.6. The lowest BCUT2D eigenvalue weighted by Crippen LogP contribution is -2.31. The van der Waals surface area contributed by atoms with Crippen LogP contribution in [0.15, 0.2) is 194 Å². The van der Waals surface area contributed by atoms with Crippen LogP contribution in [-0.4, -0.2) is 19.1 Å². The molecule has 0 saturated carbocycles. The molecule has 11 rings (SSSR count). The first kappa shape index (κ1) is 38.6. The van der Waals surface area contributed by atoms with Crippen molar-refractivity contribution < 1.29 is 18.9 Å². The average molecular weight is 947 g/mol. The third-order valence-corrected chi connectivity index (χ3v) is 13.0. The molecule has 4 aromatic heterocycles. The molecule has 0 amide bonds. The van der Waals surface area contributed by atoms with Crippen LogP contribution >= 0.6 is 0 Å². The van der Waals surface area contributed by atoms with Gasteiger partial charge in [-0.15, -0.1) is 0 Å². The Hall–Kier alpha value is -8.09. The quantitative estimate of drug-likeness (QED) is 0.107. The summed E-state index contributed by atoms with van der Waals surface area (Å²) >= 11 is 0. The Morgan fingerprint density at radius 2 is 1.24 bits per heavy atom. The molecule has 0 atom stereocenters. The lowest BCUT2D eigenvalue weighted by Gasteiger charge is -2.27. The van der Waals surface area contributed by atoms with Crippen molar-refractivity contribution in [3.63, 3.8) is 0 Å². The fourth-order valence-corrected chi connectivity index (χ4v) is 9.52. The Kier molecular flexibility index (Phi) is 9.63. The molecule has 7 aromatic carbocycles. The van der Waals surface area contributed by atoms with Gasteiger partial charge in [0.15, 0.2) is 5.82 Å². The van der Waals surface area contributed by atoms with Crippen molar-refractivity contribution in [1.29, 1.82) is 0 Å². The lowest BCUT2D eigenvalue weighted by molar-refractivity contribution is -0.571. The van der Waals surface area contributed by atoms with Gasteiger partial charge in [-0.2, -0.15) is 0 Å². The van der Waals surface area contributed by atoms with E-state index >= 15 is 0 Å². The molecule has 4 heterocycles. The number of para-hydroxylation sites is 4. The van der Waals surface area contributed by atoms with E-state index < -0.39 is 29.9 Å². The van der Waals surface area contributed by atoms with Crippen LogP contribution < -0.4 is 9.30 Å². The van der Waals surface area contributed by atoms with Gasteiger partial charge in [0.25, 0.3) is 6.33 Å². The highest BCUT2D eigenvalue weighted by Crippen LogP contribution is 2.40. The summed E-state index contributed by atoms with van der Waals surface area (Å²) in [5.41, 5.74) is 9.20. The molecule has 0 aliphatic rings. The summed E-state index contributed by atoms with van der Waals surface area (Å²) in [6, 6.07) is 49.8. The van der Waals surface area contributed by atoms with E-state index in [1.54, 1.807) is 12.3 Å². The fourth-order valence-electron chi connectivity index (χ4n) is 9.52. The summed E-state index contributed by atoms with van der Waals surface area (Å²) in [6.45, 7) is 18.9. The van der Waals surface area contributed by atoms with Gasteiger partial charge in [-0.3, -0.25) is 13.7 Å². The SMILES string of the molecule is [2H]c1c([2H])c([2H])c(-c2cccc(-c3cc(C(C)(C)C)cc(C(C)(C)C)c3)c2-[n+]2[c-]n(-c3cc(Oc4ccc5c6ccccc6n(-c6cc(C([2H])([2H])C(C)(C)C)ccn6)c5c4)cc(-c4ccccc4)n3)c3ccccc32)c([2H])c1[2H]. The van der Waals surface area contributed by atoms with Crippen LogP contribution in [0.1, 0.15) is 88.6 Å². The van der Waals surface area contributed by atoms with Gasteiger partial charge in [0.2, 0.25) is 0 Å². The van der Waals surface area contributed by atoms with Crippen molar-refractivity contribution in [3.8, 4) is 62.3 Å². The second-order valence-electron chi connectivity index (χ2n) is 21.6. The van der Waals surface area contributed by atoms with E-state index in [0.29, 0.717) is 45.6 Å². The van der Waals surface area contributed by atoms with Gasteiger partial charge < -0.3 is 4.74 Å².